The standard InChI is InChI=1S/C8H8BrFS.C6H5FS/c9-4-5-11-8-3-1-2-7(10)6-8;7-5-2-1-3-6(8)4-5/h1-3,6H,4-5H2;1-4,8H. The molecule has 0 fully saturated rings. The second kappa shape index (κ2) is 9.39. The Kier molecular flexibility index (Phi) is 8.18. The Morgan fingerprint density at radius 1 is 1.00 bits per heavy atom. The summed E-state index contributed by atoms with van der Waals surface area (Å²) in [7, 11) is 0. The zero-order chi connectivity index (χ0) is 14.1. The molecule has 19 heavy (non-hydrogen) atoms. The summed E-state index contributed by atoms with van der Waals surface area (Å²) in [6.45, 7) is 0. The topological polar surface area (TPSA) is 0 Å². The number of hydrogen-bond donors (Lipinski definition) is 1. The van der Waals surface area contributed by atoms with Crippen LogP contribution in [0, 0.1) is 11.6 Å². The van der Waals surface area contributed by atoms with Gasteiger partial charge in [-0.1, -0.05) is 28.1 Å². The van der Waals surface area contributed by atoms with Crippen LogP contribution in [-0.2, 0) is 0 Å². The molecule has 2 aromatic carbocycles. The molecule has 0 radical (unpaired) electrons. The van der Waals surface area contributed by atoms with Gasteiger partial charge in [0.25, 0.3) is 0 Å². The van der Waals surface area contributed by atoms with E-state index in [1.807, 2.05) is 6.07 Å². The molecule has 0 aliphatic heterocycles. The molecule has 0 nitrogen and oxygen atoms in total. The fourth-order valence-corrected chi connectivity index (χ4v) is 2.57. The van der Waals surface area contributed by atoms with Crippen LogP contribution in [0.25, 0.3) is 0 Å². The molecule has 2 rings (SSSR count). The van der Waals surface area contributed by atoms with E-state index in [9.17, 15) is 8.78 Å². The van der Waals surface area contributed by atoms with Crippen molar-refractivity contribution in [3.63, 3.8) is 0 Å². The first kappa shape index (κ1) is 16.5. The number of thioether (sulfide) groups is 1. The number of hydrogen-bond acceptors (Lipinski definition) is 2. The van der Waals surface area contributed by atoms with E-state index in [0.717, 1.165) is 16.0 Å². The second-order valence-corrected chi connectivity index (χ2v) is 5.95. The van der Waals surface area contributed by atoms with Crippen LogP contribution >= 0.6 is 40.3 Å². The van der Waals surface area contributed by atoms with Gasteiger partial charge < -0.3 is 0 Å². The van der Waals surface area contributed by atoms with Crippen LogP contribution in [0.2, 0.25) is 0 Å². The van der Waals surface area contributed by atoms with Gasteiger partial charge in [0.1, 0.15) is 11.6 Å². The van der Waals surface area contributed by atoms with E-state index >= 15 is 0 Å². The summed E-state index contributed by atoms with van der Waals surface area (Å²) in [5, 5.41) is 0.939. The number of rotatable bonds is 3. The summed E-state index contributed by atoms with van der Waals surface area (Å²) in [5.41, 5.74) is 0. The summed E-state index contributed by atoms with van der Waals surface area (Å²) in [6.07, 6.45) is 0. The number of benzene rings is 2. The Hall–Kier alpha value is -0.520. The van der Waals surface area contributed by atoms with Crippen molar-refractivity contribution in [2.24, 2.45) is 0 Å². The molecule has 0 heterocycles. The Bertz CT molecular complexity index is 489. The van der Waals surface area contributed by atoms with Gasteiger partial charge in [-0.15, -0.1) is 24.4 Å². The quantitative estimate of drug-likeness (QED) is 0.431. The van der Waals surface area contributed by atoms with E-state index in [1.54, 1.807) is 36.0 Å². The minimum Gasteiger partial charge on any atom is -0.207 e. The lowest BCUT2D eigenvalue weighted by molar-refractivity contribution is 0.624. The minimum atomic E-state index is -0.238. The van der Waals surface area contributed by atoms with E-state index in [0.29, 0.717) is 4.90 Å². The highest BCUT2D eigenvalue weighted by Gasteiger charge is 1.93. The summed E-state index contributed by atoms with van der Waals surface area (Å²) >= 11 is 8.87. The van der Waals surface area contributed by atoms with Gasteiger partial charge in [0, 0.05) is 20.9 Å². The van der Waals surface area contributed by atoms with E-state index in [2.05, 4.69) is 28.6 Å². The van der Waals surface area contributed by atoms with Gasteiger partial charge in [0.2, 0.25) is 0 Å². The molecule has 102 valence electrons. The zero-order valence-electron chi connectivity index (χ0n) is 10.0. The maximum atomic E-state index is 12.6. The predicted octanol–water partition coefficient (Wildman–Crippen LogP) is 5.43. The van der Waals surface area contributed by atoms with Crippen molar-refractivity contribution in [2.45, 2.75) is 9.79 Å². The lowest BCUT2D eigenvalue weighted by Gasteiger charge is -1.97. The van der Waals surface area contributed by atoms with E-state index < -0.39 is 0 Å². The number of halogens is 3. The van der Waals surface area contributed by atoms with Crippen molar-refractivity contribution in [3.05, 3.63) is 60.2 Å². The molecule has 0 aromatic heterocycles. The van der Waals surface area contributed by atoms with Gasteiger partial charge in [-0.05, 0) is 36.4 Å². The molecule has 0 aliphatic rings. The molecule has 0 atom stereocenters. The second-order valence-electron chi connectivity index (χ2n) is 3.47. The fraction of sp³-hybridized carbons (Fsp3) is 0.143. The first-order chi connectivity index (χ1) is 9.11. The van der Waals surface area contributed by atoms with Crippen LogP contribution in [0.1, 0.15) is 0 Å². The molecule has 0 spiro atoms. The third kappa shape index (κ3) is 7.60. The first-order valence-electron chi connectivity index (χ1n) is 5.50. The van der Waals surface area contributed by atoms with Crippen LogP contribution in [0.5, 0.6) is 0 Å². The molecule has 5 heteroatoms. The Labute approximate surface area is 130 Å². The SMILES string of the molecule is Fc1cccc(S)c1.Fc1cccc(SCCBr)c1. The highest BCUT2D eigenvalue weighted by atomic mass is 79.9. The van der Waals surface area contributed by atoms with Crippen molar-refractivity contribution in [3.8, 4) is 0 Å². The monoisotopic (exact) mass is 362 g/mol. The van der Waals surface area contributed by atoms with Crippen LogP contribution in [0.4, 0.5) is 8.78 Å². The van der Waals surface area contributed by atoms with Gasteiger partial charge in [-0.2, -0.15) is 0 Å². The Morgan fingerprint density at radius 3 is 2.11 bits per heavy atom. The van der Waals surface area contributed by atoms with Crippen molar-refractivity contribution < 1.29 is 8.78 Å². The lowest BCUT2D eigenvalue weighted by atomic mass is 10.4. The summed E-state index contributed by atoms with van der Waals surface area (Å²) in [4.78, 5) is 1.65. The molecule has 0 saturated carbocycles. The average molecular weight is 363 g/mol. The van der Waals surface area contributed by atoms with Crippen LogP contribution in [-0.4, -0.2) is 11.1 Å². The smallest absolute Gasteiger partial charge is 0.124 e. The maximum Gasteiger partial charge on any atom is 0.124 e. The first-order valence-corrected chi connectivity index (χ1v) is 8.06. The van der Waals surface area contributed by atoms with Gasteiger partial charge >= 0.3 is 0 Å². The van der Waals surface area contributed by atoms with Gasteiger partial charge in [0.15, 0.2) is 0 Å². The molecule has 0 amide bonds. The van der Waals surface area contributed by atoms with Crippen molar-refractivity contribution in [2.75, 3.05) is 11.1 Å². The lowest BCUT2D eigenvalue weighted by Crippen LogP contribution is -1.79. The molecule has 0 aliphatic carbocycles. The highest BCUT2D eigenvalue weighted by molar-refractivity contribution is 9.09. The maximum absolute atomic E-state index is 12.6. The summed E-state index contributed by atoms with van der Waals surface area (Å²) < 4.78 is 24.7. The van der Waals surface area contributed by atoms with E-state index in [4.69, 9.17) is 0 Å². The Balaban J connectivity index is 0.000000200. The van der Waals surface area contributed by atoms with Crippen LogP contribution < -0.4 is 0 Å². The third-order valence-electron chi connectivity index (χ3n) is 1.95. The normalized spacial score (nSPS) is 9.68. The zero-order valence-corrected chi connectivity index (χ0v) is 13.3. The van der Waals surface area contributed by atoms with Crippen LogP contribution in [0.15, 0.2) is 58.3 Å². The van der Waals surface area contributed by atoms with Crippen LogP contribution in [0.3, 0.4) is 0 Å². The highest BCUT2D eigenvalue weighted by Crippen LogP contribution is 2.18. The molecule has 0 unspecified atom stereocenters. The summed E-state index contributed by atoms with van der Waals surface area (Å²) in [6, 6.07) is 12.8. The van der Waals surface area contributed by atoms with Crippen molar-refractivity contribution in [1.82, 2.24) is 0 Å². The van der Waals surface area contributed by atoms with Gasteiger partial charge in [-0.25, -0.2) is 8.78 Å². The predicted molar refractivity (Wildman–Crippen MR) is 84.6 cm³/mol. The molecular weight excluding hydrogens is 350 g/mol. The molecule has 2 aromatic rings. The third-order valence-corrected chi connectivity index (χ3v) is 4.15. The molecule has 0 N–H and O–H groups in total. The van der Waals surface area contributed by atoms with Gasteiger partial charge in [0.05, 0.1) is 0 Å². The number of thiol groups is 1. The van der Waals surface area contributed by atoms with Crippen molar-refractivity contribution >= 4 is 40.3 Å². The van der Waals surface area contributed by atoms with Crippen molar-refractivity contribution in [1.29, 1.82) is 0 Å². The van der Waals surface area contributed by atoms with E-state index in [1.165, 1.54) is 18.2 Å². The summed E-state index contributed by atoms with van der Waals surface area (Å²) in [5.74, 6) is 0.575. The van der Waals surface area contributed by atoms with E-state index in [-0.39, 0.29) is 11.6 Å². The number of alkyl halides is 1. The Morgan fingerprint density at radius 2 is 1.63 bits per heavy atom. The molecule has 0 bridgehead atoms. The van der Waals surface area contributed by atoms with Gasteiger partial charge in [-0.3, -0.25) is 0 Å². The molecule has 0 saturated heterocycles. The molecular formula is C14H13BrF2S2. The fourth-order valence-electron chi connectivity index (χ4n) is 1.19. The largest absolute Gasteiger partial charge is 0.207 e. The average Bonchev–Trinajstić information content (AvgIpc) is 2.37. The minimum absolute atomic E-state index is 0.162.